The maximum Gasteiger partial charge on any atom is 0.312 e. The van der Waals surface area contributed by atoms with E-state index >= 15 is 0 Å². The van der Waals surface area contributed by atoms with Crippen molar-refractivity contribution >= 4 is 29.2 Å². The zero-order chi connectivity index (χ0) is 14.5. The lowest BCUT2D eigenvalue weighted by molar-refractivity contribution is 0.0316. The molecule has 1 aromatic carbocycles. The van der Waals surface area contributed by atoms with Crippen LogP contribution in [0.3, 0.4) is 0 Å². The average molecular weight is 318 g/mol. The normalized spacial score (nSPS) is 23.1. The van der Waals surface area contributed by atoms with Crippen LogP contribution in [0.4, 0.5) is 4.79 Å². The molecule has 0 unspecified atom stereocenters. The lowest BCUT2D eigenvalue weighted by atomic mass is 9.95. The predicted molar refractivity (Wildman–Crippen MR) is 79.1 cm³/mol. The standard InChI is InChI=1S/C13H17Cl2N3O2/c14-10-2-1-8(5-11(10)15)12-9(7-18-13(16)19)6-17-3-4-20-12/h1-2,5,9,12,17H,3-4,6-7H2,(H3,16,18,19)/t9-,12-/m0/s1. The van der Waals surface area contributed by atoms with Crippen molar-refractivity contribution in [2.24, 2.45) is 11.7 Å². The molecular weight excluding hydrogens is 301 g/mol. The molecule has 2 amide bonds. The van der Waals surface area contributed by atoms with Crippen LogP contribution in [0, 0.1) is 5.92 Å². The molecule has 1 aliphatic rings. The second-order valence-corrected chi connectivity index (χ2v) is 5.49. The molecule has 0 radical (unpaired) electrons. The fourth-order valence-electron chi connectivity index (χ4n) is 2.26. The molecule has 4 N–H and O–H groups in total. The van der Waals surface area contributed by atoms with E-state index in [1.54, 1.807) is 12.1 Å². The van der Waals surface area contributed by atoms with Gasteiger partial charge in [0.25, 0.3) is 0 Å². The van der Waals surface area contributed by atoms with E-state index in [9.17, 15) is 4.79 Å². The van der Waals surface area contributed by atoms with Crippen LogP contribution in [-0.2, 0) is 4.74 Å². The molecule has 0 bridgehead atoms. The van der Waals surface area contributed by atoms with Gasteiger partial charge in [-0.1, -0.05) is 29.3 Å². The van der Waals surface area contributed by atoms with Gasteiger partial charge in [0.05, 0.1) is 22.8 Å². The summed E-state index contributed by atoms with van der Waals surface area (Å²) in [5.74, 6) is 0.0715. The molecule has 0 aliphatic carbocycles. The molecule has 0 aromatic heterocycles. The molecule has 1 fully saturated rings. The topological polar surface area (TPSA) is 76.4 Å². The van der Waals surface area contributed by atoms with Crippen LogP contribution in [-0.4, -0.2) is 32.3 Å². The fraction of sp³-hybridized carbons (Fsp3) is 0.462. The van der Waals surface area contributed by atoms with E-state index in [1.807, 2.05) is 6.07 Å². The number of rotatable bonds is 3. The maximum atomic E-state index is 10.9. The predicted octanol–water partition coefficient (Wildman–Crippen LogP) is 1.94. The van der Waals surface area contributed by atoms with Crippen molar-refractivity contribution in [1.82, 2.24) is 10.6 Å². The summed E-state index contributed by atoms with van der Waals surface area (Å²) in [4.78, 5) is 10.9. The molecule has 1 aromatic rings. The minimum atomic E-state index is -0.540. The number of nitrogens with two attached hydrogens (primary N) is 1. The van der Waals surface area contributed by atoms with E-state index < -0.39 is 6.03 Å². The Balaban J connectivity index is 2.18. The largest absolute Gasteiger partial charge is 0.372 e. The van der Waals surface area contributed by atoms with Crippen molar-refractivity contribution in [1.29, 1.82) is 0 Å². The molecule has 1 aliphatic heterocycles. The SMILES string of the molecule is NC(=O)NC[C@@H]1CNCCO[C@H]1c1ccc(Cl)c(Cl)c1. The quantitative estimate of drug-likeness (QED) is 0.797. The summed E-state index contributed by atoms with van der Waals surface area (Å²) in [6.45, 7) is 2.53. The molecule has 20 heavy (non-hydrogen) atoms. The molecule has 1 heterocycles. The van der Waals surface area contributed by atoms with Crippen LogP contribution in [0.2, 0.25) is 10.0 Å². The zero-order valence-electron chi connectivity index (χ0n) is 10.9. The minimum Gasteiger partial charge on any atom is -0.372 e. The van der Waals surface area contributed by atoms with Gasteiger partial charge in [-0.15, -0.1) is 0 Å². The van der Waals surface area contributed by atoms with Crippen LogP contribution >= 0.6 is 23.2 Å². The Morgan fingerprint density at radius 2 is 2.25 bits per heavy atom. The fourth-order valence-corrected chi connectivity index (χ4v) is 2.56. The van der Waals surface area contributed by atoms with E-state index in [1.165, 1.54) is 0 Å². The Kier molecular flexibility index (Phi) is 5.48. The van der Waals surface area contributed by atoms with Crippen LogP contribution in [0.25, 0.3) is 0 Å². The van der Waals surface area contributed by atoms with Crippen molar-refractivity contribution in [2.75, 3.05) is 26.2 Å². The molecule has 0 spiro atoms. The summed E-state index contributed by atoms with van der Waals surface area (Å²) in [7, 11) is 0. The number of hydrogen-bond donors (Lipinski definition) is 3. The number of urea groups is 1. The second kappa shape index (κ2) is 7.13. The highest BCUT2D eigenvalue weighted by Gasteiger charge is 2.26. The van der Waals surface area contributed by atoms with Gasteiger partial charge in [-0.05, 0) is 17.7 Å². The lowest BCUT2D eigenvalue weighted by Crippen LogP contribution is -2.38. The molecule has 2 atom stereocenters. The van der Waals surface area contributed by atoms with Gasteiger partial charge >= 0.3 is 6.03 Å². The van der Waals surface area contributed by atoms with Crippen LogP contribution in [0.1, 0.15) is 11.7 Å². The van der Waals surface area contributed by atoms with Crippen LogP contribution < -0.4 is 16.4 Å². The van der Waals surface area contributed by atoms with Crippen molar-refractivity contribution in [3.05, 3.63) is 33.8 Å². The van der Waals surface area contributed by atoms with Crippen LogP contribution in [0.5, 0.6) is 0 Å². The van der Waals surface area contributed by atoms with Gasteiger partial charge in [0.15, 0.2) is 0 Å². The highest BCUT2D eigenvalue weighted by molar-refractivity contribution is 6.42. The molecule has 1 saturated heterocycles. The summed E-state index contributed by atoms with van der Waals surface area (Å²) >= 11 is 12.0. The number of primary amides is 1. The number of ether oxygens (including phenoxy) is 1. The highest BCUT2D eigenvalue weighted by Crippen LogP contribution is 2.31. The van der Waals surface area contributed by atoms with E-state index in [0.29, 0.717) is 23.2 Å². The molecule has 5 nitrogen and oxygen atoms in total. The first-order valence-electron chi connectivity index (χ1n) is 6.38. The monoisotopic (exact) mass is 317 g/mol. The summed E-state index contributed by atoms with van der Waals surface area (Å²) < 4.78 is 5.87. The first-order chi connectivity index (χ1) is 9.58. The Labute approximate surface area is 127 Å². The van der Waals surface area contributed by atoms with E-state index in [4.69, 9.17) is 33.7 Å². The third-order valence-corrected chi connectivity index (χ3v) is 3.96. The molecule has 0 saturated carbocycles. The molecule has 110 valence electrons. The van der Waals surface area contributed by atoms with Crippen molar-refractivity contribution in [3.63, 3.8) is 0 Å². The smallest absolute Gasteiger partial charge is 0.312 e. The van der Waals surface area contributed by atoms with Gasteiger partial charge in [-0.25, -0.2) is 4.79 Å². The summed E-state index contributed by atoms with van der Waals surface area (Å²) in [6.07, 6.45) is -0.161. The van der Waals surface area contributed by atoms with Gasteiger partial charge in [0.1, 0.15) is 0 Å². The minimum absolute atomic E-state index is 0.0715. The third kappa shape index (κ3) is 3.99. The van der Waals surface area contributed by atoms with Gasteiger partial charge < -0.3 is 21.1 Å². The molecule has 7 heteroatoms. The number of amides is 2. The Morgan fingerprint density at radius 3 is 2.95 bits per heavy atom. The van der Waals surface area contributed by atoms with Crippen molar-refractivity contribution in [3.8, 4) is 0 Å². The molecular formula is C13H17Cl2N3O2. The number of hydrogen-bond acceptors (Lipinski definition) is 3. The van der Waals surface area contributed by atoms with Crippen LogP contribution in [0.15, 0.2) is 18.2 Å². The van der Waals surface area contributed by atoms with Gasteiger partial charge in [0, 0.05) is 25.6 Å². The third-order valence-electron chi connectivity index (χ3n) is 3.22. The van der Waals surface area contributed by atoms with Crippen molar-refractivity contribution < 1.29 is 9.53 Å². The Morgan fingerprint density at radius 1 is 1.45 bits per heavy atom. The van der Waals surface area contributed by atoms with E-state index in [0.717, 1.165) is 18.7 Å². The summed E-state index contributed by atoms with van der Waals surface area (Å²) in [6, 6.07) is 4.90. The summed E-state index contributed by atoms with van der Waals surface area (Å²) in [5.41, 5.74) is 6.07. The first-order valence-corrected chi connectivity index (χ1v) is 7.14. The van der Waals surface area contributed by atoms with Gasteiger partial charge in [-0.2, -0.15) is 0 Å². The van der Waals surface area contributed by atoms with E-state index in [-0.39, 0.29) is 12.0 Å². The number of carbonyl (C=O) groups excluding carboxylic acids is 1. The average Bonchev–Trinajstić information content (AvgIpc) is 2.65. The summed E-state index contributed by atoms with van der Waals surface area (Å²) in [5, 5.41) is 6.90. The Hall–Kier alpha value is -1.01. The van der Waals surface area contributed by atoms with Gasteiger partial charge in [0.2, 0.25) is 0 Å². The maximum absolute atomic E-state index is 10.9. The lowest BCUT2D eigenvalue weighted by Gasteiger charge is -2.25. The number of benzene rings is 1. The van der Waals surface area contributed by atoms with E-state index in [2.05, 4.69) is 10.6 Å². The second-order valence-electron chi connectivity index (χ2n) is 4.67. The zero-order valence-corrected chi connectivity index (χ0v) is 12.4. The number of nitrogens with one attached hydrogen (secondary N) is 2. The highest BCUT2D eigenvalue weighted by atomic mass is 35.5. The Bertz CT molecular complexity index is 485. The number of halogens is 2. The molecule has 2 rings (SSSR count). The first kappa shape index (κ1) is 15.4. The number of carbonyl (C=O) groups is 1. The van der Waals surface area contributed by atoms with Gasteiger partial charge in [-0.3, -0.25) is 0 Å². The van der Waals surface area contributed by atoms with Crippen molar-refractivity contribution in [2.45, 2.75) is 6.10 Å².